The molecule has 0 saturated carbocycles. The van der Waals surface area contributed by atoms with E-state index < -0.39 is 22.2 Å². The smallest absolute Gasteiger partial charge is 0.286 e. The van der Waals surface area contributed by atoms with Crippen molar-refractivity contribution in [3.05, 3.63) is 69.5 Å². The molecule has 0 saturated heterocycles. The molecule has 2 atom stereocenters. The number of ether oxygens (including phenoxy) is 3. The van der Waals surface area contributed by atoms with Crippen molar-refractivity contribution in [3.8, 4) is 18.1 Å². The van der Waals surface area contributed by atoms with Crippen LogP contribution < -0.4 is 10.1 Å². The zero-order valence-electron chi connectivity index (χ0n) is 20.3. The molecule has 198 valence electrons. The van der Waals surface area contributed by atoms with Gasteiger partial charge in [-0.1, -0.05) is 18.1 Å². The zero-order chi connectivity index (χ0) is 26.8. The Morgan fingerprint density at radius 2 is 1.92 bits per heavy atom. The number of carbonyl (C=O) groups excluding carboxylic acids is 1. The molecule has 1 aliphatic rings. The Morgan fingerprint density at radius 1 is 1.22 bits per heavy atom. The second-order valence-electron chi connectivity index (χ2n) is 8.03. The average molecular weight is 640 g/mol. The van der Waals surface area contributed by atoms with Crippen molar-refractivity contribution >= 4 is 38.5 Å². The Kier molecular flexibility index (Phi) is 10.8. The van der Waals surface area contributed by atoms with E-state index in [2.05, 4.69) is 33.8 Å². The van der Waals surface area contributed by atoms with Crippen LogP contribution in [0.1, 0.15) is 17.9 Å². The number of hydrogen-bond acceptors (Lipinski definition) is 7. The Hall–Kier alpha value is -2.63. The number of terminal acetylenes is 1. The van der Waals surface area contributed by atoms with Crippen molar-refractivity contribution in [2.75, 3.05) is 40.0 Å². The van der Waals surface area contributed by atoms with Gasteiger partial charge in [0.15, 0.2) is 5.76 Å². The number of nitrogens with one attached hydrogen (secondary N) is 1. The fourth-order valence-corrected chi connectivity index (χ4v) is 5.50. The molecule has 37 heavy (non-hydrogen) atoms. The van der Waals surface area contributed by atoms with Crippen molar-refractivity contribution in [1.82, 2.24) is 9.62 Å². The molecule has 0 bridgehead atoms. The molecule has 11 heteroatoms. The molecule has 0 aromatic heterocycles. The molecule has 1 amide bonds. The molecule has 0 fully saturated rings. The maximum absolute atomic E-state index is 13.1. The molecule has 0 unspecified atom stereocenters. The van der Waals surface area contributed by atoms with Gasteiger partial charge in [0.1, 0.15) is 5.75 Å². The Labute approximate surface area is 231 Å². The van der Waals surface area contributed by atoms with E-state index in [1.54, 1.807) is 18.2 Å². The zero-order valence-corrected chi connectivity index (χ0v) is 23.3. The van der Waals surface area contributed by atoms with Crippen molar-refractivity contribution in [3.63, 3.8) is 0 Å². The highest BCUT2D eigenvalue weighted by atomic mass is 127. The lowest BCUT2D eigenvalue weighted by molar-refractivity contribution is -0.146. The standard InChI is InChI=1S/C26H29IN2O7S/c1-3-12-28-26(31)24-17-20(19-4-6-21(27)7-5-19)18-25(36-24)35-16-14-29(13-15-30)37(32,33)23-10-8-22(34-2)9-11-23/h1,4-11,17,20,25,30H,12-16,18H2,2H3,(H,28,31)/t20-,25+/m1/s1. The van der Waals surface area contributed by atoms with Gasteiger partial charge >= 0.3 is 0 Å². The summed E-state index contributed by atoms with van der Waals surface area (Å²) in [5.74, 6) is 2.37. The highest BCUT2D eigenvalue weighted by Gasteiger charge is 2.30. The van der Waals surface area contributed by atoms with Crippen LogP contribution in [0.25, 0.3) is 0 Å². The van der Waals surface area contributed by atoms with Crippen LogP contribution in [0.2, 0.25) is 0 Å². The second-order valence-corrected chi connectivity index (χ2v) is 11.2. The number of halogens is 1. The van der Waals surface area contributed by atoms with Gasteiger partial charge < -0.3 is 24.6 Å². The van der Waals surface area contributed by atoms with E-state index in [0.717, 1.165) is 13.4 Å². The van der Waals surface area contributed by atoms with E-state index in [0.29, 0.717) is 12.2 Å². The third-order valence-electron chi connectivity index (χ3n) is 5.62. The lowest BCUT2D eigenvalue weighted by Gasteiger charge is -2.30. The van der Waals surface area contributed by atoms with E-state index in [1.807, 2.05) is 24.3 Å². The molecule has 1 heterocycles. The quantitative estimate of drug-likeness (QED) is 0.271. The van der Waals surface area contributed by atoms with E-state index in [9.17, 15) is 18.3 Å². The largest absolute Gasteiger partial charge is 0.497 e. The number of aliphatic hydroxyl groups is 1. The Morgan fingerprint density at radius 3 is 2.54 bits per heavy atom. The summed E-state index contributed by atoms with van der Waals surface area (Å²) in [6.07, 6.45) is 6.62. The molecular formula is C26H29IN2O7S. The van der Waals surface area contributed by atoms with Crippen molar-refractivity contribution in [1.29, 1.82) is 0 Å². The van der Waals surface area contributed by atoms with E-state index >= 15 is 0 Å². The second kappa shape index (κ2) is 13.8. The Balaban J connectivity index is 1.71. The van der Waals surface area contributed by atoms with Gasteiger partial charge in [-0.25, -0.2) is 8.42 Å². The number of sulfonamides is 1. The molecule has 0 radical (unpaired) electrons. The lowest BCUT2D eigenvalue weighted by Crippen LogP contribution is -2.38. The topological polar surface area (TPSA) is 114 Å². The van der Waals surface area contributed by atoms with Gasteiger partial charge in [-0.05, 0) is 70.6 Å². The molecule has 1 aliphatic heterocycles. The summed E-state index contributed by atoms with van der Waals surface area (Å²) in [5.41, 5.74) is 0.989. The summed E-state index contributed by atoms with van der Waals surface area (Å²) >= 11 is 2.22. The summed E-state index contributed by atoms with van der Waals surface area (Å²) in [6, 6.07) is 13.9. The van der Waals surface area contributed by atoms with Gasteiger partial charge in [-0.3, -0.25) is 4.79 Å². The number of carbonyl (C=O) groups is 1. The van der Waals surface area contributed by atoms with Crippen LogP contribution in [-0.4, -0.2) is 70.0 Å². The fourth-order valence-electron chi connectivity index (χ4n) is 3.73. The van der Waals surface area contributed by atoms with Crippen LogP contribution in [0, 0.1) is 15.9 Å². The van der Waals surface area contributed by atoms with Gasteiger partial charge in [-0.15, -0.1) is 6.42 Å². The Bertz CT molecular complexity index is 1230. The summed E-state index contributed by atoms with van der Waals surface area (Å²) in [4.78, 5) is 12.6. The SMILES string of the molecule is C#CCNC(=O)C1=C[C@@H](c2ccc(I)cc2)C[C@@H](OCCN(CCO)S(=O)(=O)c2ccc(OC)cc2)O1. The summed E-state index contributed by atoms with van der Waals surface area (Å²) in [6.45, 7) is -0.441. The first-order valence-electron chi connectivity index (χ1n) is 11.5. The van der Waals surface area contributed by atoms with Crippen LogP contribution >= 0.6 is 22.6 Å². The number of methoxy groups -OCH3 is 1. The molecule has 0 spiro atoms. The highest BCUT2D eigenvalue weighted by Crippen LogP contribution is 2.32. The van der Waals surface area contributed by atoms with Gasteiger partial charge in [0.25, 0.3) is 5.91 Å². The van der Waals surface area contributed by atoms with Crippen molar-refractivity contribution in [2.24, 2.45) is 0 Å². The summed E-state index contributed by atoms with van der Waals surface area (Å²) in [5, 5.41) is 12.1. The van der Waals surface area contributed by atoms with Crippen LogP contribution in [0.4, 0.5) is 0 Å². The minimum absolute atomic E-state index is 0.0152. The van der Waals surface area contributed by atoms with Crippen molar-refractivity contribution < 1.29 is 32.5 Å². The van der Waals surface area contributed by atoms with E-state index in [1.165, 1.54) is 19.2 Å². The first kappa shape index (κ1) is 28.9. The van der Waals surface area contributed by atoms with Gasteiger partial charge in [0.05, 0.1) is 31.8 Å². The molecule has 3 rings (SSSR count). The highest BCUT2D eigenvalue weighted by molar-refractivity contribution is 14.1. The van der Waals surface area contributed by atoms with Crippen LogP contribution in [0.3, 0.4) is 0 Å². The molecule has 2 aromatic rings. The number of allylic oxidation sites excluding steroid dienone is 1. The lowest BCUT2D eigenvalue weighted by atomic mass is 9.93. The predicted octanol–water partition coefficient (Wildman–Crippen LogP) is 2.46. The minimum atomic E-state index is -3.88. The normalized spacial score (nSPS) is 17.4. The number of nitrogens with zero attached hydrogens (tertiary/aromatic N) is 1. The van der Waals surface area contributed by atoms with Crippen LogP contribution in [-0.2, 0) is 24.3 Å². The van der Waals surface area contributed by atoms with Crippen LogP contribution in [0.5, 0.6) is 5.75 Å². The average Bonchev–Trinajstić information content (AvgIpc) is 2.91. The van der Waals surface area contributed by atoms with E-state index in [-0.39, 0.29) is 49.4 Å². The fraction of sp³-hybridized carbons (Fsp3) is 0.346. The van der Waals surface area contributed by atoms with E-state index in [4.69, 9.17) is 20.6 Å². The first-order valence-corrected chi connectivity index (χ1v) is 14.0. The molecule has 9 nitrogen and oxygen atoms in total. The third-order valence-corrected chi connectivity index (χ3v) is 8.25. The predicted molar refractivity (Wildman–Crippen MR) is 146 cm³/mol. The first-order chi connectivity index (χ1) is 17.8. The maximum atomic E-state index is 13.1. The summed E-state index contributed by atoms with van der Waals surface area (Å²) < 4.78 is 45.2. The van der Waals surface area contributed by atoms with Gasteiger partial charge in [0.2, 0.25) is 16.3 Å². The van der Waals surface area contributed by atoms with Gasteiger partial charge in [-0.2, -0.15) is 4.31 Å². The molecular weight excluding hydrogens is 611 g/mol. The molecule has 0 aliphatic carbocycles. The van der Waals surface area contributed by atoms with Crippen molar-refractivity contribution in [2.45, 2.75) is 23.5 Å². The number of rotatable bonds is 12. The number of benzene rings is 2. The number of amides is 1. The summed E-state index contributed by atoms with van der Waals surface area (Å²) in [7, 11) is -2.39. The molecule has 2 N–H and O–H groups in total. The monoisotopic (exact) mass is 640 g/mol. The van der Waals surface area contributed by atoms with Crippen LogP contribution in [0.15, 0.2) is 65.3 Å². The third kappa shape index (κ3) is 7.93. The number of aliphatic hydroxyl groups excluding tert-OH is 1. The maximum Gasteiger partial charge on any atom is 0.286 e. The minimum Gasteiger partial charge on any atom is -0.497 e. The number of hydrogen-bond donors (Lipinski definition) is 2. The van der Waals surface area contributed by atoms with Gasteiger partial charge in [0, 0.05) is 29.0 Å². The molecule has 2 aromatic carbocycles.